The highest BCUT2D eigenvalue weighted by molar-refractivity contribution is 6.01. The lowest BCUT2D eigenvalue weighted by atomic mass is 9.57. The Balaban J connectivity index is 1.19. The minimum absolute atomic E-state index is 0.0418. The molecule has 5 aromatic rings. The molecule has 7 heteroatoms. The van der Waals surface area contributed by atoms with Crippen molar-refractivity contribution in [2.24, 2.45) is 24.1 Å². The van der Waals surface area contributed by atoms with Gasteiger partial charge >= 0.3 is 0 Å². The van der Waals surface area contributed by atoms with Gasteiger partial charge in [-0.3, -0.25) is 4.79 Å². The van der Waals surface area contributed by atoms with E-state index in [0.29, 0.717) is 23.8 Å². The van der Waals surface area contributed by atoms with Crippen LogP contribution in [-0.2, 0) is 13.6 Å². The first-order valence-corrected chi connectivity index (χ1v) is 15.4. The highest BCUT2D eigenvalue weighted by Crippen LogP contribution is 2.53. The number of nitrogens with two attached hydrogens (primary N) is 1. The highest BCUT2D eigenvalue weighted by Gasteiger charge is 2.59. The molecule has 0 radical (unpaired) electrons. The van der Waals surface area contributed by atoms with E-state index in [4.69, 9.17) is 15.5 Å². The first-order chi connectivity index (χ1) is 21.0. The van der Waals surface area contributed by atoms with Crippen molar-refractivity contribution in [2.75, 3.05) is 20.2 Å². The van der Waals surface area contributed by atoms with Gasteiger partial charge in [0, 0.05) is 54.6 Å². The molecule has 218 valence electrons. The number of fused-ring (bicyclic) bond motifs is 3. The van der Waals surface area contributed by atoms with Crippen molar-refractivity contribution in [3.8, 4) is 17.3 Å². The number of likely N-dealkylation sites (tertiary alicyclic amines) is 1. The molecule has 1 amide bonds. The number of imidazole rings is 1. The van der Waals surface area contributed by atoms with E-state index in [9.17, 15) is 4.79 Å². The number of piperidine rings is 1. The van der Waals surface area contributed by atoms with Crippen molar-refractivity contribution in [2.45, 2.75) is 38.3 Å². The molecule has 2 aliphatic carbocycles. The van der Waals surface area contributed by atoms with E-state index in [-0.39, 0.29) is 17.4 Å². The number of aryl methyl sites for hydroxylation is 1. The van der Waals surface area contributed by atoms with E-state index >= 15 is 0 Å². The first-order valence-electron chi connectivity index (χ1n) is 15.4. The Bertz CT molecular complexity index is 1910. The van der Waals surface area contributed by atoms with Crippen LogP contribution in [0.4, 0.5) is 0 Å². The minimum Gasteiger partial charge on any atom is -0.494 e. The molecule has 8 rings (SSSR count). The number of amides is 1. The van der Waals surface area contributed by atoms with E-state index in [0.717, 1.165) is 48.5 Å². The molecule has 3 aliphatic rings. The summed E-state index contributed by atoms with van der Waals surface area (Å²) >= 11 is 0. The fourth-order valence-electron chi connectivity index (χ4n) is 7.26. The van der Waals surface area contributed by atoms with Crippen LogP contribution in [0, 0.1) is 11.3 Å². The van der Waals surface area contributed by atoms with Crippen molar-refractivity contribution < 1.29 is 9.53 Å². The Hall–Kier alpha value is -4.36. The van der Waals surface area contributed by atoms with E-state index in [2.05, 4.69) is 69.8 Å². The minimum atomic E-state index is 0.0418. The van der Waals surface area contributed by atoms with Gasteiger partial charge in [0.15, 0.2) is 5.82 Å². The van der Waals surface area contributed by atoms with Gasteiger partial charge in [-0.25, -0.2) is 4.98 Å². The van der Waals surface area contributed by atoms with Gasteiger partial charge in [-0.15, -0.1) is 0 Å². The molecule has 2 atom stereocenters. The normalized spacial score (nSPS) is 21.3. The maximum atomic E-state index is 13.6. The summed E-state index contributed by atoms with van der Waals surface area (Å²) in [4.78, 5) is 20.7. The molecular formula is C36H37N5O2. The third kappa shape index (κ3) is 4.20. The molecule has 2 aromatic heterocycles. The topological polar surface area (TPSA) is 78.3 Å². The van der Waals surface area contributed by atoms with Crippen molar-refractivity contribution >= 4 is 40.0 Å². The first kappa shape index (κ1) is 26.3. The van der Waals surface area contributed by atoms with Gasteiger partial charge < -0.3 is 24.5 Å². The number of nitrogens with zero attached hydrogens (tertiary/aromatic N) is 4. The Morgan fingerprint density at radius 3 is 2.56 bits per heavy atom. The van der Waals surface area contributed by atoms with Crippen LogP contribution in [0.25, 0.3) is 45.6 Å². The summed E-state index contributed by atoms with van der Waals surface area (Å²) in [6.07, 6.45) is 9.01. The van der Waals surface area contributed by atoms with Crippen LogP contribution < -0.4 is 10.5 Å². The third-order valence-corrected chi connectivity index (χ3v) is 10.1. The van der Waals surface area contributed by atoms with Crippen molar-refractivity contribution in [1.29, 1.82) is 0 Å². The molecule has 3 heterocycles. The third-order valence-electron chi connectivity index (χ3n) is 10.1. The van der Waals surface area contributed by atoms with Crippen molar-refractivity contribution in [1.82, 2.24) is 19.0 Å². The Morgan fingerprint density at radius 2 is 1.86 bits per heavy atom. The fourth-order valence-corrected chi connectivity index (χ4v) is 7.26. The van der Waals surface area contributed by atoms with Gasteiger partial charge in [0.2, 0.25) is 0 Å². The lowest BCUT2D eigenvalue weighted by Gasteiger charge is -2.64. The summed E-state index contributed by atoms with van der Waals surface area (Å²) in [5.74, 6) is 2.27. The number of benzene rings is 3. The molecule has 1 aliphatic heterocycles. The monoisotopic (exact) mass is 571 g/mol. The van der Waals surface area contributed by atoms with Crippen LogP contribution >= 0.6 is 0 Å². The van der Waals surface area contributed by atoms with E-state index in [1.54, 1.807) is 7.11 Å². The van der Waals surface area contributed by atoms with Crippen LogP contribution in [0.15, 0.2) is 66.7 Å². The molecule has 1 saturated heterocycles. The van der Waals surface area contributed by atoms with E-state index < -0.39 is 0 Å². The molecule has 1 unspecified atom stereocenters. The molecule has 3 fully saturated rings. The molecular weight excluding hydrogens is 534 g/mol. The molecule has 0 bridgehead atoms. The number of carbonyl (C=O) groups excluding carboxylic acids is 1. The zero-order chi connectivity index (χ0) is 29.3. The van der Waals surface area contributed by atoms with E-state index in [1.165, 1.54) is 34.9 Å². The van der Waals surface area contributed by atoms with Crippen LogP contribution in [0.3, 0.4) is 0 Å². The number of carbonyl (C=O) groups is 1. The molecule has 3 aromatic carbocycles. The number of methoxy groups -OCH3 is 1. The van der Waals surface area contributed by atoms with Crippen molar-refractivity contribution in [3.63, 3.8) is 0 Å². The van der Waals surface area contributed by atoms with Gasteiger partial charge in [-0.2, -0.15) is 0 Å². The number of ether oxygens (including phenoxy) is 1. The van der Waals surface area contributed by atoms with Gasteiger partial charge in [0.25, 0.3) is 5.91 Å². The average Bonchev–Trinajstić information content (AvgIpc) is 3.70. The zero-order valence-electron chi connectivity index (χ0n) is 24.8. The van der Waals surface area contributed by atoms with Crippen LogP contribution in [-0.4, -0.2) is 51.2 Å². The van der Waals surface area contributed by atoms with Crippen molar-refractivity contribution in [3.05, 3.63) is 83.4 Å². The van der Waals surface area contributed by atoms with Gasteiger partial charge in [0.1, 0.15) is 11.3 Å². The van der Waals surface area contributed by atoms with Crippen LogP contribution in [0.1, 0.15) is 47.2 Å². The zero-order valence-corrected chi connectivity index (χ0v) is 24.8. The maximum Gasteiger partial charge on any atom is 0.254 e. The van der Waals surface area contributed by atoms with Gasteiger partial charge in [-0.05, 0) is 67.0 Å². The largest absolute Gasteiger partial charge is 0.494 e. The molecule has 0 spiro atoms. The maximum absolute atomic E-state index is 13.6. The highest BCUT2D eigenvalue weighted by atomic mass is 16.5. The Morgan fingerprint density at radius 1 is 1.05 bits per heavy atom. The number of rotatable bonds is 8. The predicted octanol–water partition coefficient (Wildman–Crippen LogP) is 6.35. The van der Waals surface area contributed by atoms with Gasteiger partial charge in [0.05, 0.1) is 18.3 Å². The SMILES string of the molecule is COc1cc(C(=O)N2C[C@@]3(CN)CCC23)cc2nc(-c3cc4ccc(/C=C/c5ccccc5)cc4n3CC3CC3)n(C)c12. The summed E-state index contributed by atoms with van der Waals surface area (Å²) < 4.78 is 10.4. The Kier molecular flexibility index (Phi) is 6.02. The van der Waals surface area contributed by atoms with Gasteiger partial charge in [-0.1, -0.05) is 54.6 Å². The van der Waals surface area contributed by atoms with Crippen LogP contribution in [0.2, 0.25) is 0 Å². The summed E-state index contributed by atoms with van der Waals surface area (Å²) in [6, 6.07) is 23.4. The predicted molar refractivity (Wildman–Crippen MR) is 172 cm³/mol. The molecule has 2 saturated carbocycles. The smallest absolute Gasteiger partial charge is 0.254 e. The standard InChI is InChI=1S/C36H37N5O2/c1-39-33-28(17-27(19-31(33)43-2)35(42)41-22-36(21-37)15-14-32(36)41)38-34(39)30-18-26-13-12-24(9-8-23-6-4-3-5-7-23)16-29(26)40(30)20-25-10-11-25/h3-9,12-13,16-19,25,32H,10-11,14-15,20-22,37H2,1-2H3/b9-8+/t32?,36-/m0/s1. The molecule has 43 heavy (non-hydrogen) atoms. The lowest BCUT2D eigenvalue weighted by molar-refractivity contribution is -0.117. The number of hydrogen-bond donors (Lipinski definition) is 1. The second-order valence-corrected chi connectivity index (χ2v) is 12.7. The Labute approximate surface area is 251 Å². The fraction of sp³-hybridized carbons (Fsp3) is 0.333. The summed E-state index contributed by atoms with van der Waals surface area (Å²) in [7, 11) is 3.71. The molecule has 7 nitrogen and oxygen atoms in total. The summed E-state index contributed by atoms with van der Waals surface area (Å²) in [5.41, 5.74) is 13.1. The lowest BCUT2D eigenvalue weighted by Crippen LogP contribution is -2.74. The second kappa shape index (κ2) is 9.85. The summed E-state index contributed by atoms with van der Waals surface area (Å²) in [6.45, 7) is 2.35. The average molecular weight is 572 g/mol. The molecule has 2 N–H and O–H groups in total. The van der Waals surface area contributed by atoms with E-state index in [1.807, 2.05) is 30.1 Å². The quantitative estimate of drug-likeness (QED) is 0.220. The number of aromatic nitrogens is 3. The van der Waals surface area contributed by atoms with Crippen LogP contribution in [0.5, 0.6) is 5.75 Å². The number of hydrogen-bond acceptors (Lipinski definition) is 4. The second-order valence-electron chi connectivity index (χ2n) is 12.7. The summed E-state index contributed by atoms with van der Waals surface area (Å²) in [5, 5.41) is 1.20.